The Morgan fingerprint density at radius 3 is 0.830 bits per heavy atom. The Labute approximate surface area is 278 Å². The maximum atomic E-state index is 13.7. The lowest BCUT2D eigenvalue weighted by Gasteiger charge is -2.32. The van der Waals surface area contributed by atoms with E-state index in [9.17, 15) is 27.8 Å². The number of ether oxygens (including phenoxy) is 1. The van der Waals surface area contributed by atoms with E-state index in [1.54, 1.807) is 0 Å². The second-order valence-electron chi connectivity index (χ2n) is 8.90. The first-order valence-corrected chi connectivity index (χ1v) is 21.6. The molecule has 0 heterocycles. The van der Waals surface area contributed by atoms with E-state index in [4.69, 9.17) is 40.9 Å². The summed E-state index contributed by atoms with van der Waals surface area (Å²) >= 11 is 0. The third-order valence-electron chi connectivity index (χ3n) is 5.39. The predicted molar refractivity (Wildman–Crippen MR) is 176 cm³/mol. The molecule has 0 aliphatic heterocycles. The molecule has 0 rings (SSSR count). The van der Waals surface area contributed by atoms with E-state index in [-0.39, 0.29) is 64.0 Å². The molecule has 17 nitrogen and oxygen atoms in total. The molecule has 0 spiro atoms. The first-order valence-electron chi connectivity index (χ1n) is 15.2. The van der Waals surface area contributed by atoms with Crippen molar-refractivity contribution in [1.29, 1.82) is 0 Å². The SMILES string of the molecule is C=C(COCC(=C)C(=O)NC(P(=O)(OCC)OCC)P(=O)(OCC)OCC)C(=O)NC(P(=O)(OCC)OCC)P(=O)(OCC)OCC. The van der Waals surface area contributed by atoms with Crippen molar-refractivity contribution in [2.24, 2.45) is 0 Å². The van der Waals surface area contributed by atoms with Crippen LogP contribution in [0.3, 0.4) is 0 Å². The van der Waals surface area contributed by atoms with Gasteiger partial charge in [-0.15, -0.1) is 0 Å². The van der Waals surface area contributed by atoms with Crippen LogP contribution in [-0.4, -0.2) is 88.9 Å². The van der Waals surface area contributed by atoms with Gasteiger partial charge in [-0.05, 0) is 55.4 Å². The smallest absolute Gasteiger partial charge is 0.365 e. The highest BCUT2D eigenvalue weighted by Gasteiger charge is 2.53. The highest BCUT2D eigenvalue weighted by Crippen LogP contribution is 2.70. The summed E-state index contributed by atoms with van der Waals surface area (Å²) in [5.74, 6) is -1.90. The zero-order chi connectivity index (χ0) is 36.3. The van der Waals surface area contributed by atoms with Crippen LogP contribution in [0.5, 0.6) is 0 Å². The molecule has 0 saturated heterocycles. The first-order chi connectivity index (χ1) is 22.1. The average molecular weight is 757 g/mol. The lowest BCUT2D eigenvalue weighted by molar-refractivity contribution is -0.118. The molecule has 0 aromatic rings. The monoisotopic (exact) mass is 756 g/mol. The van der Waals surface area contributed by atoms with E-state index in [1.165, 1.54) is 55.4 Å². The maximum absolute atomic E-state index is 13.7. The largest absolute Gasteiger partial charge is 0.372 e. The average Bonchev–Trinajstić information content (AvgIpc) is 2.99. The van der Waals surface area contributed by atoms with Crippen LogP contribution in [0.4, 0.5) is 0 Å². The summed E-state index contributed by atoms with van der Waals surface area (Å²) in [6, 6.07) is 0. The molecule has 21 heteroatoms. The Hall–Kier alpha value is -1.02. The lowest BCUT2D eigenvalue weighted by Crippen LogP contribution is -2.39. The fraction of sp³-hybridized carbons (Fsp3) is 0.769. The summed E-state index contributed by atoms with van der Waals surface area (Å²) in [5.41, 5.74) is -4.16. The van der Waals surface area contributed by atoms with E-state index in [0.717, 1.165) is 0 Å². The van der Waals surface area contributed by atoms with Crippen LogP contribution in [0.1, 0.15) is 55.4 Å². The number of rotatable bonds is 28. The van der Waals surface area contributed by atoms with Gasteiger partial charge in [0.25, 0.3) is 0 Å². The number of carbonyl (C=O) groups is 2. The fourth-order valence-electron chi connectivity index (χ4n) is 3.68. The van der Waals surface area contributed by atoms with E-state index in [1.807, 2.05) is 0 Å². The minimum absolute atomic E-state index is 0.105. The van der Waals surface area contributed by atoms with Gasteiger partial charge in [0.1, 0.15) is 0 Å². The number of hydrogen-bond donors (Lipinski definition) is 2. The summed E-state index contributed by atoms with van der Waals surface area (Å²) in [6.45, 7) is 17.8. The molecule has 0 radical (unpaired) electrons. The molecule has 0 aliphatic carbocycles. The van der Waals surface area contributed by atoms with Crippen molar-refractivity contribution >= 4 is 42.2 Å². The Bertz CT molecular complexity index is 1020. The second kappa shape index (κ2) is 22.6. The molecule has 2 N–H and O–H groups in total. The summed E-state index contributed by atoms with van der Waals surface area (Å²) in [5, 5.41) is 4.68. The van der Waals surface area contributed by atoms with Crippen molar-refractivity contribution in [3.05, 3.63) is 24.3 Å². The molecule has 0 unspecified atom stereocenters. The Balaban J connectivity index is 5.92. The molecule has 276 valence electrons. The van der Waals surface area contributed by atoms with Gasteiger partial charge in [-0.2, -0.15) is 0 Å². The topological polar surface area (TPSA) is 210 Å². The molecule has 0 saturated carbocycles. The lowest BCUT2D eigenvalue weighted by atomic mass is 10.3. The number of carbonyl (C=O) groups excluding carboxylic acids is 2. The zero-order valence-electron chi connectivity index (χ0n) is 28.6. The van der Waals surface area contributed by atoms with E-state index >= 15 is 0 Å². The Morgan fingerprint density at radius 2 is 0.660 bits per heavy atom. The number of amides is 2. The van der Waals surface area contributed by atoms with Gasteiger partial charge in [0, 0.05) is 11.1 Å². The minimum atomic E-state index is -4.30. The summed E-state index contributed by atoms with van der Waals surface area (Å²) in [4.78, 5) is 26.2. The van der Waals surface area contributed by atoms with Gasteiger partial charge in [0.05, 0.1) is 66.1 Å². The van der Waals surface area contributed by atoms with Crippen molar-refractivity contribution in [3.63, 3.8) is 0 Å². The van der Waals surface area contributed by atoms with E-state index in [0.29, 0.717) is 0 Å². The van der Waals surface area contributed by atoms with Gasteiger partial charge < -0.3 is 51.6 Å². The van der Waals surface area contributed by atoms with Crippen molar-refractivity contribution in [2.75, 3.05) is 66.1 Å². The molecule has 0 aromatic carbocycles. The van der Waals surface area contributed by atoms with Crippen LogP contribution in [0, 0.1) is 0 Å². The minimum Gasteiger partial charge on any atom is -0.372 e. The van der Waals surface area contributed by atoms with E-state index in [2.05, 4.69) is 23.8 Å². The summed E-state index contributed by atoms with van der Waals surface area (Å²) in [7, 11) is -17.2. The molecule has 0 fully saturated rings. The standard InChI is InChI=1S/C26H52N2O15P4/c1-11-36-44(31,37-12-2)25(45(32,38-13-3)39-14-4)27-23(29)21(9)19-35-20-22(10)24(30)28-26(46(33,40-15-5)41-16-6)47(34,42-17-7)43-18-8/h25-26H,9-20H2,1-8H3,(H,27,29)(H,28,30). The van der Waals surface area contributed by atoms with Crippen molar-refractivity contribution in [2.45, 2.75) is 66.4 Å². The normalized spacial score (nSPS) is 12.8. The first kappa shape index (κ1) is 46.0. The van der Waals surface area contributed by atoms with Gasteiger partial charge in [0.2, 0.25) is 22.9 Å². The van der Waals surface area contributed by atoms with Gasteiger partial charge in [-0.25, -0.2) is 0 Å². The molecule has 0 aromatic heterocycles. The third kappa shape index (κ3) is 14.0. The van der Waals surface area contributed by atoms with Crippen LogP contribution < -0.4 is 10.6 Å². The van der Waals surface area contributed by atoms with Crippen LogP contribution in [0.15, 0.2) is 24.3 Å². The molecule has 2 amide bonds. The van der Waals surface area contributed by atoms with Crippen LogP contribution in [0.2, 0.25) is 0 Å². The number of hydrogen-bond acceptors (Lipinski definition) is 15. The van der Waals surface area contributed by atoms with Crippen LogP contribution >= 0.6 is 30.4 Å². The molecule has 0 aliphatic rings. The summed E-state index contributed by atoms with van der Waals surface area (Å²) in [6.07, 6.45) is 0. The highest BCUT2D eigenvalue weighted by molar-refractivity contribution is 7.73. The zero-order valence-corrected chi connectivity index (χ0v) is 32.1. The fourth-order valence-corrected chi connectivity index (χ4v) is 13.5. The molecule has 0 atom stereocenters. The molecule has 0 bridgehead atoms. The van der Waals surface area contributed by atoms with Crippen molar-refractivity contribution < 1.29 is 68.8 Å². The van der Waals surface area contributed by atoms with Crippen molar-refractivity contribution in [1.82, 2.24) is 10.6 Å². The predicted octanol–water partition coefficient (Wildman–Crippen LogP) is 5.98. The Kier molecular flexibility index (Phi) is 22.2. The summed E-state index contributed by atoms with van der Waals surface area (Å²) < 4.78 is 103. The van der Waals surface area contributed by atoms with Crippen LogP contribution in [0.25, 0.3) is 0 Å². The highest BCUT2D eigenvalue weighted by atomic mass is 31.2. The second-order valence-corrected chi connectivity index (χ2v) is 18.2. The quantitative estimate of drug-likeness (QED) is 0.0695. The molecular formula is C26H52N2O15P4. The Morgan fingerprint density at radius 1 is 0.468 bits per heavy atom. The van der Waals surface area contributed by atoms with Gasteiger partial charge in [-0.3, -0.25) is 27.8 Å². The van der Waals surface area contributed by atoms with Gasteiger partial charge in [0.15, 0.2) is 0 Å². The molecular weight excluding hydrogens is 704 g/mol. The molecule has 47 heavy (non-hydrogen) atoms. The van der Waals surface area contributed by atoms with E-state index < -0.39 is 66.5 Å². The number of nitrogens with one attached hydrogen (secondary N) is 2. The van der Waals surface area contributed by atoms with Crippen LogP contribution in [-0.2, 0) is 68.8 Å². The maximum Gasteiger partial charge on any atom is 0.365 e. The van der Waals surface area contributed by atoms with Gasteiger partial charge in [-0.1, -0.05) is 13.2 Å². The third-order valence-corrected chi connectivity index (χ3v) is 16.6. The van der Waals surface area contributed by atoms with Gasteiger partial charge >= 0.3 is 30.4 Å². The van der Waals surface area contributed by atoms with Crippen molar-refractivity contribution in [3.8, 4) is 0 Å².